The molecule has 0 spiro atoms. The Morgan fingerprint density at radius 3 is 2.62 bits per heavy atom. The van der Waals surface area contributed by atoms with Crippen LogP contribution in [0.25, 0.3) is 0 Å². The molecule has 1 aliphatic rings. The average Bonchev–Trinajstić information content (AvgIpc) is 2.82. The van der Waals surface area contributed by atoms with E-state index in [9.17, 15) is 9.90 Å². The molecule has 1 aromatic carbocycles. The first-order chi connectivity index (χ1) is 10.0. The number of rotatable bonds is 5. The number of phenolic OH excluding ortho intramolecular Hbond substituents is 1. The summed E-state index contributed by atoms with van der Waals surface area (Å²) >= 11 is 0. The number of amides is 1. The van der Waals surface area contributed by atoms with Crippen molar-refractivity contribution in [3.05, 3.63) is 29.8 Å². The third kappa shape index (κ3) is 3.97. The van der Waals surface area contributed by atoms with E-state index in [1.165, 1.54) is 12.8 Å². The van der Waals surface area contributed by atoms with E-state index in [1.807, 2.05) is 0 Å². The van der Waals surface area contributed by atoms with Crippen LogP contribution in [0.3, 0.4) is 0 Å². The lowest BCUT2D eigenvalue weighted by atomic mass is 9.93. The molecule has 116 valence electrons. The van der Waals surface area contributed by atoms with Gasteiger partial charge in [-0.1, -0.05) is 32.4 Å². The average molecular weight is 290 g/mol. The van der Waals surface area contributed by atoms with Crippen molar-refractivity contribution >= 4 is 5.91 Å². The zero-order valence-electron chi connectivity index (χ0n) is 12.9. The summed E-state index contributed by atoms with van der Waals surface area (Å²) in [6, 6.07) is 6.55. The summed E-state index contributed by atoms with van der Waals surface area (Å²) in [4.78, 5) is 12.2. The van der Waals surface area contributed by atoms with Crippen molar-refractivity contribution in [2.45, 2.75) is 51.6 Å². The van der Waals surface area contributed by atoms with Crippen LogP contribution in [-0.4, -0.2) is 23.1 Å². The van der Waals surface area contributed by atoms with Crippen molar-refractivity contribution in [1.82, 2.24) is 5.32 Å². The molecule has 4 N–H and O–H groups in total. The lowest BCUT2D eigenvalue weighted by molar-refractivity contribution is -0.123. The molecular formula is C17H26N2O2. The summed E-state index contributed by atoms with van der Waals surface area (Å²) in [7, 11) is 0. The molecule has 0 heterocycles. The third-order valence-corrected chi connectivity index (χ3v) is 4.81. The molecule has 1 aliphatic carbocycles. The lowest BCUT2D eigenvalue weighted by Gasteiger charge is -2.22. The number of nitrogens with two attached hydrogens (primary N) is 1. The SMILES string of the molecule is CCC1CCC(NC(=O)[C@@H](N)Cc2ccc(O)cc2)C1C. The zero-order valence-corrected chi connectivity index (χ0v) is 12.9. The van der Waals surface area contributed by atoms with E-state index in [1.54, 1.807) is 24.3 Å². The Balaban J connectivity index is 1.87. The normalized spacial score (nSPS) is 26.5. The van der Waals surface area contributed by atoms with Gasteiger partial charge in [0.2, 0.25) is 5.91 Å². The van der Waals surface area contributed by atoms with Crippen LogP contribution in [0.5, 0.6) is 5.75 Å². The molecule has 0 aromatic heterocycles. The van der Waals surface area contributed by atoms with E-state index >= 15 is 0 Å². The summed E-state index contributed by atoms with van der Waals surface area (Å²) in [6.45, 7) is 4.43. The van der Waals surface area contributed by atoms with Gasteiger partial charge in [0.15, 0.2) is 0 Å². The molecule has 21 heavy (non-hydrogen) atoms. The van der Waals surface area contributed by atoms with Gasteiger partial charge in [0.25, 0.3) is 0 Å². The van der Waals surface area contributed by atoms with Crippen molar-refractivity contribution in [2.24, 2.45) is 17.6 Å². The van der Waals surface area contributed by atoms with Crippen LogP contribution in [0.1, 0.15) is 38.7 Å². The zero-order chi connectivity index (χ0) is 15.4. The van der Waals surface area contributed by atoms with Gasteiger partial charge in [-0.05, 0) is 48.8 Å². The molecule has 1 aromatic rings. The van der Waals surface area contributed by atoms with E-state index in [-0.39, 0.29) is 17.7 Å². The van der Waals surface area contributed by atoms with Crippen molar-refractivity contribution in [2.75, 3.05) is 0 Å². The maximum Gasteiger partial charge on any atom is 0.237 e. The molecule has 1 fully saturated rings. The topological polar surface area (TPSA) is 75.4 Å². The number of carbonyl (C=O) groups excluding carboxylic acids is 1. The summed E-state index contributed by atoms with van der Waals surface area (Å²) in [5, 5.41) is 12.4. The Kier molecular flexibility index (Phi) is 5.23. The highest BCUT2D eigenvalue weighted by molar-refractivity contribution is 5.82. The highest BCUT2D eigenvalue weighted by Gasteiger charge is 2.33. The van der Waals surface area contributed by atoms with E-state index in [0.29, 0.717) is 18.3 Å². The molecule has 1 amide bonds. The minimum atomic E-state index is -0.539. The van der Waals surface area contributed by atoms with Crippen molar-refractivity contribution in [3.8, 4) is 5.75 Å². The first-order valence-corrected chi connectivity index (χ1v) is 7.85. The van der Waals surface area contributed by atoms with Crippen LogP contribution >= 0.6 is 0 Å². The largest absolute Gasteiger partial charge is 0.508 e. The second kappa shape index (κ2) is 6.94. The van der Waals surface area contributed by atoms with Gasteiger partial charge in [0, 0.05) is 6.04 Å². The predicted octanol–water partition coefficient (Wildman–Crippen LogP) is 2.20. The van der Waals surface area contributed by atoms with Gasteiger partial charge in [0.05, 0.1) is 6.04 Å². The number of aromatic hydroxyl groups is 1. The molecule has 0 saturated heterocycles. The number of nitrogens with one attached hydrogen (secondary N) is 1. The van der Waals surface area contributed by atoms with Crippen LogP contribution in [0.4, 0.5) is 0 Å². The Bertz CT molecular complexity index is 472. The van der Waals surface area contributed by atoms with Gasteiger partial charge < -0.3 is 16.2 Å². The summed E-state index contributed by atoms with van der Waals surface area (Å²) in [5.41, 5.74) is 6.96. The van der Waals surface area contributed by atoms with Gasteiger partial charge in [-0.15, -0.1) is 0 Å². The second-order valence-corrected chi connectivity index (χ2v) is 6.20. The predicted molar refractivity (Wildman–Crippen MR) is 83.9 cm³/mol. The Labute approximate surface area is 126 Å². The van der Waals surface area contributed by atoms with Gasteiger partial charge in [-0.3, -0.25) is 4.79 Å². The molecule has 4 heteroatoms. The third-order valence-electron chi connectivity index (χ3n) is 4.81. The van der Waals surface area contributed by atoms with E-state index in [4.69, 9.17) is 5.73 Å². The highest BCUT2D eigenvalue weighted by atomic mass is 16.3. The minimum absolute atomic E-state index is 0.0725. The fraction of sp³-hybridized carbons (Fsp3) is 0.588. The van der Waals surface area contributed by atoms with Crippen molar-refractivity contribution < 1.29 is 9.90 Å². The standard InChI is InChI=1S/C17H26N2O2/c1-3-13-6-9-16(11(13)2)19-17(21)15(18)10-12-4-7-14(20)8-5-12/h4-5,7-8,11,13,15-16,20H,3,6,9-10,18H2,1-2H3,(H,19,21)/t11?,13?,15-,16?/m0/s1. The Morgan fingerprint density at radius 1 is 1.38 bits per heavy atom. The maximum atomic E-state index is 12.2. The molecule has 1 saturated carbocycles. The van der Waals surface area contributed by atoms with Crippen LogP contribution in [0, 0.1) is 11.8 Å². The van der Waals surface area contributed by atoms with Crippen molar-refractivity contribution in [3.63, 3.8) is 0 Å². The molecule has 0 bridgehead atoms. The fourth-order valence-corrected chi connectivity index (χ4v) is 3.30. The molecule has 3 unspecified atom stereocenters. The molecule has 4 nitrogen and oxygen atoms in total. The number of phenols is 1. The van der Waals surface area contributed by atoms with Gasteiger partial charge in [0.1, 0.15) is 5.75 Å². The molecule has 2 rings (SSSR count). The number of benzene rings is 1. The van der Waals surface area contributed by atoms with Gasteiger partial charge in [-0.25, -0.2) is 0 Å². The van der Waals surface area contributed by atoms with Crippen LogP contribution in [0.15, 0.2) is 24.3 Å². The first-order valence-electron chi connectivity index (χ1n) is 7.85. The monoisotopic (exact) mass is 290 g/mol. The van der Waals surface area contributed by atoms with Crippen LogP contribution in [0.2, 0.25) is 0 Å². The van der Waals surface area contributed by atoms with E-state index in [0.717, 1.165) is 12.0 Å². The minimum Gasteiger partial charge on any atom is -0.508 e. The summed E-state index contributed by atoms with van der Waals surface area (Å²) in [6.07, 6.45) is 3.91. The number of carbonyl (C=O) groups is 1. The van der Waals surface area contributed by atoms with E-state index in [2.05, 4.69) is 19.2 Å². The molecule has 0 aliphatic heterocycles. The number of hydrogen-bond donors (Lipinski definition) is 3. The quantitative estimate of drug-likeness (QED) is 0.778. The molecule has 0 radical (unpaired) electrons. The highest BCUT2D eigenvalue weighted by Crippen LogP contribution is 2.33. The van der Waals surface area contributed by atoms with Crippen LogP contribution < -0.4 is 11.1 Å². The van der Waals surface area contributed by atoms with Gasteiger partial charge in [-0.2, -0.15) is 0 Å². The maximum absolute atomic E-state index is 12.2. The Hall–Kier alpha value is -1.55. The lowest BCUT2D eigenvalue weighted by Crippen LogP contribution is -2.47. The van der Waals surface area contributed by atoms with Crippen LogP contribution in [-0.2, 0) is 11.2 Å². The smallest absolute Gasteiger partial charge is 0.237 e. The first kappa shape index (κ1) is 15.8. The van der Waals surface area contributed by atoms with Gasteiger partial charge >= 0.3 is 0 Å². The van der Waals surface area contributed by atoms with E-state index < -0.39 is 6.04 Å². The Morgan fingerprint density at radius 2 is 2.05 bits per heavy atom. The molecule has 4 atom stereocenters. The number of hydrogen-bond acceptors (Lipinski definition) is 3. The summed E-state index contributed by atoms with van der Waals surface area (Å²) in [5.74, 6) is 1.39. The summed E-state index contributed by atoms with van der Waals surface area (Å²) < 4.78 is 0. The molecular weight excluding hydrogens is 264 g/mol. The van der Waals surface area contributed by atoms with Crippen molar-refractivity contribution in [1.29, 1.82) is 0 Å². The fourth-order valence-electron chi connectivity index (χ4n) is 3.30. The second-order valence-electron chi connectivity index (χ2n) is 6.20.